The monoisotopic (exact) mass is 205 g/mol. The third-order valence-corrected chi connectivity index (χ3v) is 2.04. The molecule has 0 amide bonds. The summed E-state index contributed by atoms with van der Waals surface area (Å²) in [5.74, 6) is -0.289. The van der Waals surface area contributed by atoms with Gasteiger partial charge in [-0.1, -0.05) is 36.4 Å². The summed E-state index contributed by atoms with van der Waals surface area (Å²) in [4.78, 5) is 11.5. The van der Waals surface area contributed by atoms with Crippen LogP contribution in [0.4, 0.5) is 0 Å². The van der Waals surface area contributed by atoms with Gasteiger partial charge in [-0.15, -0.1) is 6.58 Å². The zero-order valence-corrected chi connectivity index (χ0v) is 8.77. The minimum Gasteiger partial charge on any atom is -0.468 e. The lowest BCUT2D eigenvalue weighted by atomic mass is 10.1. The fraction of sp³-hybridized carbons (Fsp3) is 0.250. The highest BCUT2D eigenvalue weighted by atomic mass is 16.5. The summed E-state index contributed by atoms with van der Waals surface area (Å²) in [5, 5.41) is 3.04. The van der Waals surface area contributed by atoms with E-state index >= 15 is 0 Å². The van der Waals surface area contributed by atoms with Crippen LogP contribution < -0.4 is 5.32 Å². The molecular formula is C12H15NO2. The lowest BCUT2D eigenvalue weighted by Gasteiger charge is -2.15. The second-order valence-electron chi connectivity index (χ2n) is 3.06. The lowest BCUT2D eigenvalue weighted by molar-refractivity contribution is -0.143. The van der Waals surface area contributed by atoms with E-state index in [9.17, 15) is 4.79 Å². The van der Waals surface area contributed by atoms with Gasteiger partial charge in [0.2, 0.25) is 0 Å². The number of methoxy groups -OCH3 is 1. The number of benzene rings is 1. The maximum Gasteiger partial charge on any atom is 0.327 e. The van der Waals surface area contributed by atoms with E-state index in [0.717, 1.165) is 5.56 Å². The molecule has 0 spiro atoms. The second kappa shape index (κ2) is 5.98. The molecule has 1 aromatic rings. The zero-order chi connectivity index (χ0) is 11.1. The number of ether oxygens (including phenoxy) is 1. The molecule has 1 rings (SSSR count). The van der Waals surface area contributed by atoms with E-state index in [2.05, 4.69) is 11.9 Å². The van der Waals surface area contributed by atoms with Gasteiger partial charge in [0.1, 0.15) is 6.04 Å². The minimum absolute atomic E-state index is 0.289. The molecule has 0 heterocycles. The summed E-state index contributed by atoms with van der Waals surface area (Å²) < 4.78 is 4.73. The molecule has 3 nitrogen and oxygen atoms in total. The molecule has 3 heteroatoms. The van der Waals surface area contributed by atoms with Crippen molar-refractivity contribution in [1.29, 1.82) is 0 Å². The molecule has 0 saturated carbocycles. The first-order valence-electron chi connectivity index (χ1n) is 4.76. The molecule has 0 unspecified atom stereocenters. The first kappa shape index (κ1) is 11.5. The SMILES string of the molecule is C=CCN[C@H](C(=O)OC)c1ccccc1. The molecule has 1 atom stereocenters. The van der Waals surface area contributed by atoms with Crippen LogP contribution in [0.3, 0.4) is 0 Å². The maximum absolute atomic E-state index is 11.5. The van der Waals surface area contributed by atoms with Crippen molar-refractivity contribution in [2.24, 2.45) is 0 Å². The fourth-order valence-corrected chi connectivity index (χ4v) is 1.30. The topological polar surface area (TPSA) is 38.3 Å². The second-order valence-corrected chi connectivity index (χ2v) is 3.06. The van der Waals surface area contributed by atoms with Crippen molar-refractivity contribution in [1.82, 2.24) is 5.32 Å². The first-order chi connectivity index (χ1) is 7.29. The van der Waals surface area contributed by atoms with Crippen molar-refractivity contribution < 1.29 is 9.53 Å². The average molecular weight is 205 g/mol. The van der Waals surface area contributed by atoms with Crippen LogP contribution in [0.2, 0.25) is 0 Å². The molecule has 0 aliphatic carbocycles. The molecule has 0 bridgehead atoms. The smallest absolute Gasteiger partial charge is 0.327 e. The quantitative estimate of drug-likeness (QED) is 0.587. The van der Waals surface area contributed by atoms with Gasteiger partial charge >= 0.3 is 5.97 Å². The molecule has 80 valence electrons. The van der Waals surface area contributed by atoms with Gasteiger partial charge in [-0.2, -0.15) is 0 Å². The molecule has 1 N–H and O–H groups in total. The van der Waals surface area contributed by atoms with Crippen molar-refractivity contribution in [2.45, 2.75) is 6.04 Å². The molecule has 1 aromatic carbocycles. The predicted octanol–water partition coefficient (Wildman–Crippen LogP) is 1.68. The predicted molar refractivity (Wildman–Crippen MR) is 59.4 cm³/mol. The molecule has 0 fully saturated rings. The van der Waals surface area contributed by atoms with Gasteiger partial charge in [-0.3, -0.25) is 5.32 Å². The van der Waals surface area contributed by atoms with Gasteiger partial charge in [0.15, 0.2) is 0 Å². The summed E-state index contributed by atoms with van der Waals surface area (Å²) in [6.07, 6.45) is 1.71. The van der Waals surface area contributed by atoms with E-state index in [1.54, 1.807) is 6.08 Å². The lowest BCUT2D eigenvalue weighted by Crippen LogP contribution is -2.29. The average Bonchev–Trinajstić information content (AvgIpc) is 2.30. The van der Waals surface area contributed by atoms with Crippen LogP contribution >= 0.6 is 0 Å². The van der Waals surface area contributed by atoms with Crippen LogP contribution in [-0.4, -0.2) is 19.6 Å². The van der Waals surface area contributed by atoms with Crippen molar-refractivity contribution >= 4 is 5.97 Å². The Labute approximate surface area is 89.8 Å². The molecule has 0 aliphatic rings. The Bertz CT molecular complexity index is 322. The highest BCUT2D eigenvalue weighted by Gasteiger charge is 2.19. The Morgan fingerprint density at radius 3 is 2.73 bits per heavy atom. The van der Waals surface area contributed by atoms with Crippen molar-refractivity contribution in [3.8, 4) is 0 Å². The molecular weight excluding hydrogens is 190 g/mol. The normalized spacial score (nSPS) is 11.8. The van der Waals surface area contributed by atoms with E-state index in [4.69, 9.17) is 4.74 Å². The number of rotatable bonds is 5. The Morgan fingerprint density at radius 1 is 1.53 bits per heavy atom. The number of nitrogens with one attached hydrogen (secondary N) is 1. The summed E-state index contributed by atoms with van der Waals surface area (Å²) in [5.41, 5.74) is 0.895. The third-order valence-electron chi connectivity index (χ3n) is 2.04. The molecule has 0 radical (unpaired) electrons. The van der Waals surface area contributed by atoms with Crippen LogP contribution in [-0.2, 0) is 9.53 Å². The van der Waals surface area contributed by atoms with Gasteiger partial charge in [-0.25, -0.2) is 4.79 Å². The zero-order valence-electron chi connectivity index (χ0n) is 8.77. The first-order valence-corrected chi connectivity index (χ1v) is 4.76. The number of esters is 1. The standard InChI is InChI=1S/C12H15NO2/c1-3-9-13-11(12(14)15-2)10-7-5-4-6-8-10/h3-8,11,13H,1,9H2,2H3/t11-/m0/s1. The Morgan fingerprint density at radius 2 is 2.20 bits per heavy atom. The summed E-state index contributed by atoms with van der Waals surface area (Å²) in [6, 6.07) is 9.04. The van der Waals surface area contributed by atoms with Crippen LogP contribution in [0, 0.1) is 0 Å². The van der Waals surface area contributed by atoms with Crippen molar-refractivity contribution in [2.75, 3.05) is 13.7 Å². The third kappa shape index (κ3) is 3.22. The van der Waals surface area contributed by atoms with E-state index in [-0.39, 0.29) is 5.97 Å². The van der Waals surface area contributed by atoms with E-state index in [0.29, 0.717) is 6.54 Å². The van der Waals surface area contributed by atoms with Crippen molar-refractivity contribution in [3.63, 3.8) is 0 Å². The number of carbonyl (C=O) groups excluding carboxylic acids is 1. The Hall–Kier alpha value is -1.61. The molecule has 15 heavy (non-hydrogen) atoms. The Balaban J connectivity index is 2.81. The molecule has 0 saturated heterocycles. The van der Waals surface area contributed by atoms with Crippen molar-refractivity contribution in [3.05, 3.63) is 48.6 Å². The highest BCUT2D eigenvalue weighted by Crippen LogP contribution is 2.13. The summed E-state index contributed by atoms with van der Waals surface area (Å²) in [6.45, 7) is 4.16. The number of hydrogen-bond donors (Lipinski definition) is 1. The van der Waals surface area contributed by atoms with Crippen LogP contribution in [0.5, 0.6) is 0 Å². The van der Waals surface area contributed by atoms with Gasteiger partial charge < -0.3 is 4.74 Å². The maximum atomic E-state index is 11.5. The largest absolute Gasteiger partial charge is 0.468 e. The Kier molecular flexibility index (Phi) is 4.57. The van der Waals surface area contributed by atoms with Gasteiger partial charge in [0.25, 0.3) is 0 Å². The summed E-state index contributed by atoms with van der Waals surface area (Å²) in [7, 11) is 1.38. The van der Waals surface area contributed by atoms with Crippen LogP contribution in [0.15, 0.2) is 43.0 Å². The van der Waals surface area contributed by atoms with Crippen LogP contribution in [0.1, 0.15) is 11.6 Å². The van der Waals surface area contributed by atoms with Gasteiger partial charge in [-0.05, 0) is 5.56 Å². The highest BCUT2D eigenvalue weighted by molar-refractivity contribution is 5.77. The van der Waals surface area contributed by atoms with E-state index in [1.165, 1.54) is 7.11 Å². The fourth-order valence-electron chi connectivity index (χ4n) is 1.30. The minimum atomic E-state index is -0.422. The van der Waals surface area contributed by atoms with E-state index in [1.807, 2.05) is 30.3 Å². The number of hydrogen-bond acceptors (Lipinski definition) is 3. The molecule has 0 aliphatic heterocycles. The van der Waals surface area contributed by atoms with E-state index < -0.39 is 6.04 Å². The number of carbonyl (C=O) groups is 1. The summed E-state index contributed by atoms with van der Waals surface area (Å²) >= 11 is 0. The molecule has 0 aromatic heterocycles. The van der Waals surface area contributed by atoms with Crippen LogP contribution in [0.25, 0.3) is 0 Å². The van der Waals surface area contributed by atoms with Gasteiger partial charge in [0.05, 0.1) is 7.11 Å². The van der Waals surface area contributed by atoms with Gasteiger partial charge in [0, 0.05) is 6.54 Å².